The lowest BCUT2D eigenvalue weighted by molar-refractivity contribution is 0.0316. The third-order valence-electron chi connectivity index (χ3n) is 5.11. The van der Waals surface area contributed by atoms with Crippen LogP contribution in [0.5, 0.6) is 0 Å². The van der Waals surface area contributed by atoms with Crippen molar-refractivity contribution in [2.75, 3.05) is 0 Å². The third-order valence-corrected chi connectivity index (χ3v) is 5.11. The van der Waals surface area contributed by atoms with Crippen molar-refractivity contribution in [3.05, 3.63) is 0 Å². The molecule has 4 atom stereocenters. The van der Waals surface area contributed by atoms with Crippen molar-refractivity contribution in [1.82, 2.24) is 0 Å². The van der Waals surface area contributed by atoms with Crippen LogP contribution in [0.4, 0.5) is 0 Å². The number of hydrogen-bond acceptors (Lipinski definition) is 1. The maximum Gasteiger partial charge on any atom is 0.0627 e. The van der Waals surface area contributed by atoms with Gasteiger partial charge in [-0.25, -0.2) is 0 Å². The van der Waals surface area contributed by atoms with Gasteiger partial charge in [-0.05, 0) is 49.4 Å². The Kier molecular flexibility index (Phi) is 1.74. The van der Waals surface area contributed by atoms with E-state index in [4.69, 9.17) is 0 Å². The summed E-state index contributed by atoms with van der Waals surface area (Å²) >= 11 is 0. The van der Waals surface area contributed by atoms with Gasteiger partial charge in [0.1, 0.15) is 0 Å². The summed E-state index contributed by atoms with van der Waals surface area (Å²) in [5, 5.41) is 10.2. The van der Waals surface area contributed by atoms with E-state index in [0.717, 1.165) is 5.92 Å². The van der Waals surface area contributed by atoms with E-state index in [9.17, 15) is 5.11 Å². The Hall–Kier alpha value is -0.0400. The van der Waals surface area contributed by atoms with Crippen LogP contribution in [0.3, 0.4) is 0 Å². The minimum atomic E-state index is 0.0793. The van der Waals surface area contributed by atoms with Gasteiger partial charge in [0.05, 0.1) is 6.10 Å². The first-order chi connectivity index (χ1) is 6.33. The molecule has 13 heavy (non-hydrogen) atoms. The summed E-state index contributed by atoms with van der Waals surface area (Å²) < 4.78 is 0. The molecule has 3 saturated carbocycles. The fourth-order valence-corrected chi connectivity index (χ4v) is 4.43. The standard InChI is InChI=1S/C12H20O/c13-11-9-5-7-12(11)6-3-1-2-4-10(12)8-9/h9-11,13H,1-8H2/t9-,10+,11+,12+/m0/s1. The largest absolute Gasteiger partial charge is 0.392 e. The molecule has 0 heterocycles. The minimum Gasteiger partial charge on any atom is -0.392 e. The van der Waals surface area contributed by atoms with E-state index in [1.165, 1.54) is 51.4 Å². The lowest BCUT2D eigenvalue weighted by Gasteiger charge is -2.35. The maximum atomic E-state index is 10.2. The summed E-state index contributed by atoms with van der Waals surface area (Å²) in [5.41, 5.74) is 0.404. The molecule has 1 N–H and O–H groups in total. The van der Waals surface area contributed by atoms with E-state index in [1.54, 1.807) is 0 Å². The fraction of sp³-hybridized carbons (Fsp3) is 1.00. The Morgan fingerprint density at radius 1 is 1.00 bits per heavy atom. The van der Waals surface area contributed by atoms with Crippen molar-refractivity contribution >= 4 is 0 Å². The molecular weight excluding hydrogens is 160 g/mol. The van der Waals surface area contributed by atoms with E-state index in [2.05, 4.69) is 0 Å². The fourth-order valence-electron chi connectivity index (χ4n) is 4.43. The molecule has 1 heteroatoms. The predicted molar refractivity (Wildman–Crippen MR) is 52.4 cm³/mol. The van der Waals surface area contributed by atoms with Crippen molar-refractivity contribution in [1.29, 1.82) is 0 Å². The zero-order valence-corrected chi connectivity index (χ0v) is 8.34. The summed E-state index contributed by atoms with van der Waals surface area (Å²) in [6, 6.07) is 0. The lowest BCUT2D eigenvalue weighted by Crippen LogP contribution is -2.32. The third kappa shape index (κ3) is 0.971. The molecule has 0 radical (unpaired) electrons. The van der Waals surface area contributed by atoms with Crippen LogP contribution in [0, 0.1) is 17.3 Å². The van der Waals surface area contributed by atoms with Crippen molar-refractivity contribution in [3.63, 3.8) is 0 Å². The highest BCUT2D eigenvalue weighted by molar-refractivity contribution is 5.08. The van der Waals surface area contributed by atoms with Gasteiger partial charge >= 0.3 is 0 Å². The van der Waals surface area contributed by atoms with E-state index in [1.807, 2.05) is 0 Å². The van der Waals surface area contributed by atoms with E-state index in [0.29, 0.717) is 11.3 Å². The predicted octanol–water partition coefficient (Wildman–Crippen LogP) is 2.73. The first kappa shape index (κ1) is 8.28. The Bertz CT molecular complexity index is 213. The van der Waals surface area contributed by atoms with Crippen LogP contribution in [-0.4, -0.2) is 11.2 Å². The second-order valence-corrected chi connectivity index (χ2v) is 5.51. The smallest absolute Gasteiger partial charge is 0.0627 e. The highest BCUT2D eigenvalue weighted by Gasteiger charge is 2.58. The molecular formula is C12H20O. The van der Waals surface area contributed by atoms with Crippen LogP contribution in [-0.2, 0) is 0 Å². The van der Waals surface area contributed by atoms with Gasteiger partial charge in [0.15, 0.2) is 0 Å². The topological polar surface area (TPSA) is 20.2 Å². The summed E-state index contributed by atoms with van der Waals surface area (Å²) in [6.07, 6.45) is 11.0. The van der Waals surface area contributed by atoms with Gasteiger partial charge in [0.2, 0.25) is 0 Å². The molecule has 74 valence electrons. The number of aliphatic hydroxyl groups is 1. The van der Waals surface area contributed by atoms with E-state index < -0.39 is 0 Å². The molecule has 0 aliphatic heterocycles. The number of aliphatic hydroxyl groups excluding tert-OH is 1. The highest BCUT2D eigenvalue weighted by atomic mass is 16.3. The molecule has 2 bridgehead atoms. The average Bonchev–Trinajstić information content (AvgIpc) is 2.50. The van der Waals surface area contributed by atoms with Crippen LogP contribution in [0.1, 0.15) is 51.4 Å². The van der Waals surface area contributed by atoms with Gasteiger partial charge in [-0.15, -0.1) is 0 Å². The molecule has 3 rings (SSSR count). The average molecular weight is 180 g/mol. The Morgan fingerprint density at radius 2 is 1.92 bits per heavy atom. The van der Waals surface area contributed by atoms with Gasteiger partial charge in [-0.2, -0.15) is 0 Å². The van der Waals surface area contributed by atoms with Gasteiger partial charge in [0, 0.05) is 0 Å². The maximum absolute atomic E-state index is 10.2. The first-order valence-corrected chi connectivity index (χ1v) is 6.01. The summed E-state index contributed by atoms with van der Waals surface area (Å²) in [6.45, 7) is 0. The number of fused-ring (bicyclic) bond motifs is 1. The monoisotopic (exact) mass is 180 g/mol. The summed E-state index contributed by atoms with van der Waals surface area (Å²) in [5.74, 6) is 1.58. The zero-order chi connectivity index (χ0) is 8.89. The molecule has 0 amide bonds. The Labute approximate surface area is 80.5 Å². The van der Waals surface area contributed by atoms with Crippen molar-refractivity contribution in [3.8, 4) is 0 Å². The van der Waals surface area contributed by atoms with E-state index in [-0.39, 0.29) is 6.10 Å². The second kappa shape index (κ2) is 2.73. The summed E-state index contributed by atoms with van der Waals surface area (Å²) in [7, 11) is 0. The van der Waals surface area contributed by atoms with Crippen LogP contribution in [0.15, 0.2) is 0 Å². The molecule has 0 aromatic heterocycles. The van der Waals surface area contributed by atoms with Gasteiger partial charge < -0.3 is 5.11 Å². The molecule has 0 aromatic rings. The van der Waals surface area contributed by atoms with E-state index >= 15 is 0 Å². The molecule has 3 fully saturated rings. The molecule has 0 aromatic carbocycles. The van der Waals surface area contributed by atoms with Crippen molar-refractivity contribution < 1.29 is 5.11 Å². The molecule has 1 spiro atoms. The quantitative estimate of drug-likeness (QED) is 0.607. The first-order valence-electron chi connectivity index (χ1n) is 6.01. The molecule has 0 saturated heterocycles. The van der Waals surface area contributed by atoms with Gasteiger partial charge in [-0.1, -0.05) is 19.3 Å². The normalized spacial score (nSPS) is 54.7. The van der Waals surface area contributed by atoms with Crippen molar-refractivity contribution in [2.45, 2.75) is 57.5 Å². The van der Waals surface area contributed by atoms with Crippen molar-refractivity contribution in [2.24, 2.45) is 17.3 Å². The second-order valence-electron chi connectivity index (χ2n) is 5.51. The van der Waals surface area contributed by atoms with Crippen LogP contribution < -0.4 is 0 Å². The SMILES string of the molecule is O[C@@H]1[C@H]2CC[C@@]13CCCCC[C@@H]3C2. The molecule has 3 aliphatic rings. The van der Waals surface area contributed by atoms with Crippen LogP contribution >= 0.6 is 0 Å². The molecule has 1 nitrogen and oxygen atoms in total. The number of rotatable bonds is 0. The molecule has 0 unspecified atom stereocenters. The van der Waals surface area contributed by atoms with Crippen LogP contribution in [0.25, 0.3) is 0 Å². The zero-order valence-electron chi connectivity index (χ0n) is 8.34. The highest BCUT2D eigenvalue weighted by Crippen LogP contribution is 2.62. The lowest BCUT2D eigenvalue weighted by atomic mass is 9.71. The Morgan fingerprint density at radius 3 is 2.77 bits per heavy atom. The number of hydrogen-bond donors (Lipinski definition) is 1. The Balaban J connectivity index is 1.92. The summed E-state index contributed by atoms with van der Waals surface area (Å²) in [4.78, 5) is 0. The van der Waals surface area contributed by atoms with Gasteiger partial charge in [0.25, 0.3) is 0 Å². The van der Waals surface area contributed by atoms with Gasteiger partial charge in [-0.3, -0.25) is 0 Å². The minimum absolute atomic E-state index is 0.0793. The van der Waals surface area contributed by atoms with Crippen LogP contribution in [0.2, 0.25) is 0 Å². The molecule has 3 aliphatic carbocycles.